The SMILES string of the molecule is Cn1cc(CC[C@@H](CO)n2cnc(C(N)=O)c2)c2cc(OCCCc3ccc(Cl)cc3)ccc21. The lowest BCUT2D eigenvalue weighted by Gasteiger charge is -2.15. The maximum atomic E-state index is 11.3. The Morgan fingerprint density at radius 2 is 1.97 bits per heavy atom. The first-order valence-electron chi connectivity index (χ1n) is 11.3. The molecular weight excluding hydrogens is 452 g/mol. The third-order valence-electron chi connectivity index (χ3n) is 6.07. The monoisotopic (exact) mass is 480 g/mol. The quantitative estimate of drug-likeness (QED) is 0.313. The van der Waals surface area contributed by atoms with Crippen LogP contribution in [0.15, 0.2) is 61.2 Å². The second kappa shape index (κ2) is 10.8. The molecule has 4 rings (SSSR count). The maximum Gasteiger partial charge on any atom is 0.268 e. The Hall–Kier alpha value is -3.29. The molecule has 0 fully saturated rings. The predicted molar refractivity (Wildman–Crippen MR) is 133 cm³/mol. The lowest BCUT2D eigenvalue weighted by molar-refractivity contribution is 0.0995. The highest BCUT2D eigenvalue weighted by molar-refractivity contribution is 6.30. The number of halogens is 1. The van der Waals surface area contributed by atoms with Gasteiger partial charge in [0.05, 0.1) is 25.6 Å². The zero-order chi connectivity index (χ0) is 24.1. The summed E-state index contributed by atoms with van der Waals surface area (Å²) in [7, 11) is 2.02. The zero-order valence-corrected chi connectivity index (χ0v) is 19.9. The van der Waals surface area contributed by atoms with Crippen molar-refractivity contribution in [3.63, 3.8) is 0 Å². The van der Waals surface area contributed by atoms with E-state index in [0.717, 1.165) is 40.9 Å². The first kappa shape index (κ1) is 23.9. The Morgan fingerprint density at radius 3 is 2.68 bits per heavy atom. The summed E-state index contributed by atoms with van der Waals surface area (Å²) >= 11 is 5.95. The minimum absolute atomic E-state index is 0.0543. The number of primary amides is 1. The molecule has 2 heterocycles. The summed E-state index contributed by atoms with van der Waals surface area (Å²) in [5.41, 5.74) is 9.04. The van der Waals surface area contributed by atoms with Gasteiger partial charge in [-0.25, -0.2) is 4.98 Å². The molecule has 0 bridgehead atoms. The van der Waals surface area contributed by atoms with Crippen LogP contribution in [0.4, 0.5) is 0 Å². The molecule has 0 aliphatic heterocycles. The van der Waals surface area contributed by atoms with E-state index >= 15 is 0 Å². The number of hydrogen-bond acceptors (Lipinski definition) is 4. The molecule has 1 amide bonds. The molecule has 0 aliphatic carbocycles. The van der Waals surface area contributed by atoms with Crippen LogP contribution in [-0.2, 0) is 19.9 Å². The van der Waals surface area contributed by atoms with Crippen LogP contribution in [0.5, 0.6) is 5.75 Å². The molecule has 0 spiro atoms. The third kappa shape index (κ3) is 5.61. The standard InChI is InChI=1S/C26H29ClN4O3/c1-30-14-19(6-9-21(16-32)31-15-24(26(28)33)29-17-31)23-13-22(10-11-25(23)30)34-12-2-3-18-4-7-20(27)8-5-18/h4-5,7-8,10-11,13-15,17,21,32H,2-3,6,9,12,16H2,1H3,(H2,28,33)/t21-/m0/s1. The van der Waals surface area contributed by atoms with Gasteiger partial charge in [-0.1, -0.05) is 23.7 Å². The third-order valence-corrected chi connectivity index (χ3v) is 6.32. The molecule has 3 N–H and O–H groups in total. The van der Waals surface area contributed by atoms with Crippen LogP contribution < -0.4 is 10.5 Å². The number of carbonyl (C=O) groups excluding carboxylic acids is 1. The summed E-state index contributed by atoms with van der Waals surface area (Å²) < 4.78 is 9.89. The molecule has 178 valence electrons. The topological polar surface area (TPSA) is 95.3 Å². The highest BCUT2D eigenvalue weighted by atomic mass is 35.5. The highest BCUT2D eigenvalue weighted by Gasteiger charge is 2.15. The maximum absolute atomic E-state index is 11.3. The summed E-state index contributed by atoms with van der Waals surface area (Å²) in [6, 6.07) is 13.9. The summed E-state index contributed by atoms with van der Waals surface area (Å²) in [6.07, 6.45) is 8.54. The van der Waals surface area contributed by atoms with Crippen LogP contribution in [0.25, 0.3) is 10.9 Å². The van der Waals surface area contributed by atoms with Gasteiger partial charge in [0.2, 0.25) is 0 Å². The summed E-state index contributed by atoms with van der Waals surface area (Å²) in [5, 5.41) is 11.8. The summed E-state index contributed by atoms with van der Waals surface area (Å²) in [4.78, 5) is 15.3. The van der Waals surface area contributed by atoms with Crippen molar-refractivity contribution in [1.29, 1.82) is 0 Å². The number of imidazole rings is 1. The highest BCUT2D eigenvalue weighted by Crippen LogP contribution is 2.28. The van der Waals surface area contributed by atoms with Crippen molar-refractivity contribution >= 4 is 28.4 Å². The Morgan fingerprint density at radius 1 is 1.18 bits per heavy atom. The number of benzene rings is 2. The number of nitrogens with zero attached hydrogens (tertiary/aromatic N) is 3. The van der Waals surface area contributed by atoms with E-state index in [-0.39, 0.29) is 18.3 Å². The number of fused-ring (bicyclic) bond motifs is 1. The molecule has 34 heavy (non-hydrogen) atoms. The van der Waals surface area contributed by atoms with Crippen LogP contribution in [0.1, 0.15) is 40.5 Å². The molecule has 0 unspecified atom stereocenters. The van der Waals surface area contributed by atoms with Crippen molar-refractivity contribution in [2.45, 2.75) is 31.7 Å². The van der Waals surface area contributed by atoms with Gasteiger partial charge in [-0.15, -0.1) is 0 Å². The molecule has 0 saturated carbocycles. The molecule has 7 nitrogen and oxygen atoms in total. The van der Waals surface area contributed by atoms with E-state index in [1.165, 1.54) is 11.1 Å². The number of rotatable bonds is 11. The molecular formula is C26H29ClN4O3. The fourth-order valence-corrected chi connectivity index (χ4v) is 4.31. The first-order valence-corrected chi connectivity index (χ1v) is 11.7. The fourth-order valence-electron chi connectivity index (χ4n) is 4.18. The molecule has 1 atom stereocenters. The first-order chi connectivity index (χ1) is 16.4. The van der Waals surface area contributed by atoms with Gasteiger partial charge in [0.15, 0.2) is 0 Å². The molecule has 0 aliphatic rings. The summed E-state index contributed by atoms with van der Waals surface area (Å²) in [6.45, 7) is 0.576. The van der Waals surface area contributed by atoms with E-state index in [1.807, 2.05) is 37.4 Å². The van der Waals surface area contributed by atoms with Gasteiger partial charge in [-0.3, -0.25) is 4.79 Å². The number of aryl methyl sites for hydroxylation is 3. The van der Waals surface area contributed by atoms with Crippen molar-refractivity contribution in [1.82, 2.24) is 14.1 Å². The Labute approximate surface area is 203 Å². The number of amides is 1. The fraction of sp³-hybridized carbons (Fsp3) is 0.308. The van der Waals surface area contributed by atoms with Crippen LogP contribution in [0.2, 0.25) is 5.02 Å². The normalized spacial score (nSPS) is 12.2. The molecule has 4 aromatic rings. The van der Waals surface area contributed by atoms with Crippen LogP contribution in [-0.4, -0.2) is 38.3 Å². The Bertz CT molecular complexity index is 1260. The number of aliphatic hydroxyl groups is 1. The minimum atomic E-state index is -0.579. The zero-order valence-electron chi connectivity index (χ0n) is 19.2. The van der Waals surface area contributed by atoms with Gasteiger partial charge >= 0.3 is 0 Å². The van der Waals surface area contributed by atoms with E-state index in [4.69, 9.17) is 22.1 Å². The van der Waals surface area contributed by atoms with Crippen molar-refractivity contribution in [3.05, 3.63) is 83.0 Å². The second-order valence-electron chi connectivity index (χ2n) is 8.47. The number of carbonyl (C=O) groups is 1. The van der Waals surface area contributed by atoms with E-state index in [9.17, 15) is 9.90 Å². The average Bonchev–Trinajstić information content (AvgIpc) is 3.44. The molecule has 0 saturated heterocycles. The Balaban J connectivity index is 1.39. The van der Waals surface area contributed by atoms with Gasteiger partial charge in [-0.2, -0.15) is 0 Å². The van der Waals surface area contributed by atoms with Crippen LogP contribution in [0.3, 0.4) is 0 Å². The number of ether oxygens (including phenoxy) is 1. The van der Waals surface area contributed by atoms with Gasteiger partial charge in [-0.05, 0) is 67.1 Å². The van der Waals surface area contributed by atoms with Gasteiger partial charge in [0.1, 0.15) is 11.4 Å². The van der Waals surface area contributed by atoms with E-state index in [2.05, 4.69) is 27.9 Å². The van der Waals surface area contributed by atoms with Gasteiger partial charge in [0, 0.05) is 35.4 Å². The average molecular weight is 481 g/mol. The minimum Gasteiger partial charge on any atom is -0.494 e. The number of hydrogen-bond donors (Lipinski definition) is 2. The molecule has 2 aromatic heterocycles. The number of nitrogens with two attached hydrogens (primary N) is 1. The van der Waals surface area contributed by atoms with E-state index in [0.29, 0.717) is 13.0 Å². The lowest BCUT2D eigenvalue weighted by atomic mass is 10.0. The predicted octanol–water partition coefficient (Wildman–Crippen LogP) is 4.30. The van der Waals surface area contributed by atoms with E-state index < -0.39 is 5.91 Å². The number of aliphatic hydroxyl groups excluding tert-OH is 1. The number of aromatic nitrogens is 3. The Kier molecular flexibility index (Phi) is 7.55. The van der Waals surface area contributed by atoms with Crippen LogP contribution in [0, 0.1) is 0 Å². The van der Waals surface area contributed by atoms with Crippen molar-refractivity contribution in [2.75, 3.05) is 13.2 Å². The molecule has 2 aromatic carbocycles. The molecule has 0 radical (unpaired) electrons. The molecule has 8 heteroatoms. The summed E-state index contributed by atoms with van der Waals surface area (Å²) in [5.74, 6) is 0.265. The van der Waals surface area contributed by atoms with Crippen molar-refractivity contribution < 1.29 is 14.6 Å². The lowest BCUT2D eigenvalue weighted by Crippen LogP contribution is -2.14. The van der Waals surface area contributed by atoms with Crippen molar-refractivity contribution in [2.24, 2.45) is 12.8 Å². The van der Waals surface area contributed by atoms with Crippen molar-refractivity contribution in [3.8, 4) is 5.75 Å². The smallest absolute Gasteiger partial charge is 0.268 e. The van der Waals surface area contributed by atoms with E-state index in [1.54, 1.807) is 17.1 Å². The second-order valence-corrected chi connectivity index (χ2v) is 8.90. The van der Waals surface area contributed by atoms with Crippen LogP contribution >= 0.6 is 11.6 Å². The largest absolute Gasteiger partial charge is 0.494 e. The van der Waals surface area contributed by atoms with Gasteiger partial charge < -0.3 is 24.7 Å². The van der Waals surface area contributed by atoms with Gasteiger partial charge in [0.25, 0.3) is 5.91 Å².